The van der Waals surface area contributed by atoms with Gasteiger partial charge in [0, 0.05) is 17.3 Å². The van der Waals surface area contributed by atoms with Crippen LogP contribution in [0, 0.1) is 0 Å². The van der Waals surface area contributed by atoms with Crippen LogP contribution in [0.2, 0.25) is 0 Å². The molecule has 4 aromatic rings. The third-order valence-corrected chi connectivity index (χ3v) is 5.40. The molecule has 0 fully saturated rings. The number of hydrogen-bond donors (Lipinski definition) is 0. The van der Waals surface area contributed by atoms with E-state index in [1.54, 1.807) is 4.90 Å². The van der Waals surface area contributed by atoms with Crippen molar-refractivity contribution in [1.82, 2.24) is 0 Å². The molecule has 0 aliphatic carbocycles. The molecule has 0 bridgehead atoms. The molecule has 0 unspecified atom stereocenters. The van der Waals surface area contributed by atoms with Crippen LogP contribution < -0.4 is 4.90 Å². The minimum absolute atomic E-state index is 0.0181. The highest BCUT2D eigenvalue weighted by molar-refractivity contribution is 7.20. The predicted octanol–water partition coefficient (Wildman–Crippen LogP) is 5.84. The molecule has 0 saturated heterocycles. The Morgan fingerprint density at radius 3 is 2.32 bits per heavy atom. The van der Waals surface area contributed by atoms with Gasteiger partial charge in [0.15, 0.2) is 0 Å². The van der Waals surface area contributed by atoms with Crippen molar-refractivity contribution in [3.05, 3.63) is 89.8 Å². The number of nitrogens with zero attached hydrogens (tertiary/aromatic N) is 1. The number of benzene rings is 3. The lowest BCUT2D eigenvalue weighted by atomic mass is 10.0. The molecule has 1 heterocycles. The van der Waals surface area contributed by atoms with E-state index in [2.05, 4.69) is 24.3 Å². The summed E-state index contributed by atoms with van der Waals surface area (Å²) >= 11 is 1.54. The maximum absolute atomic E-state index is 13.0. The van der Waals surface area contributed by atoms with Crippen LogP contribution in [-0.2, 0) is 0 Å². The molecule has 0 atom stereocenters. The van der Waals surface area contributed by atoms with E-state index in [4.69, 9.17) is 0 Å². The van der Waals surface area contributed by atoms with Crippen molar-refractivity contribution in [2.24, 2.45) is 0 Å². The van der Waals surface area contributed by atoms with Crippen LogP contribution in [0.4, 0.5) is 5.69 Å². The van der Waals surface area contributed by atoms with Gasteiger partial charge in [-0.15, -0.1) is 11.3 Å². The van der Waals surface area contributed by atoms with Gasteiger partial charge in [-0.1, -0.05) is 66.7 Å². The topological polar surface area (TPSA) is 20.3 Å². The van der Waals surface area contributed by atoms with Crippen LogP contribution in [-0.4, -0.2) is 13.0 Å². The van der Waals surface area contributed by atoms with Gasteiger partial charge >= 0.3 is 0 Å². The number of carbonyl (C=O) groups excluding carboxylic acids is 1. The van der Waals surface area contributed by atoms with Crippen molar-refractivity contribution in [2.75, 3.05) is 11.9 Å². The lowest BCUT2D eigenvalue weighted by Crippen LogP contribution is -2.25. The summed E-state index contributed by atoms with van der Waals surface area (Å²) in [6.07, 6.45) is 0. The number of carbonyl (C=O) groups is 1. The second-order valence-corrected chi connectivity index (χ2v) is 6.98. The van der Waals surface area contributed by atoms with Crippen molar-refractivity contribution >= 4 is 33.0 Å². The molecule has 3 heteroatoms. The van der Waals surface area contributed by atoms with E-state index in [-0.39, 0.29) is 5.91 Å². The van der Waals surface area contributed by atoms with Crippen molar-refractivity contribution in [3.63, 3.8) is 0 Å². The van der Waals surface area contributed by atoms with Gasteiger partial charge in [-0.2, -0.15) is 0 Å². The Hall–Kier alpha value is -2.91. The van der Waals surface area contributed by atoms with Gasteiger partial charge in [0.25, 0.3) is 5.91 Å². The van der Waals surface area contributed by atoms with Crippen LogP contribution in [0.3, 0.4) is 0 Å². The second-order valence-electron chi connectivity index (χ2n) is 5.90. The largest absolute Gasteiger partial charge is 0.310 e. The molecule has 1 amide bonds. The first-order chi connectivity index (χ1) is 12.2. The van der Waals surface area contributed by atoms with Gasteiger partial charge in [-0.25, -0.2) is 0 Å². The average molecular weight is 343 g/mol. The number of thiophene rings is 1. The highest BCUT2D eigenvalue weighted by atomic mass is 32.1. The molecule has 1 aromatic heterocycles. The van der Waals surface area contributed by atoms with Crippen LogP contribution in [0.1, 0.15) is 9.67 Å². The lowest BCUT2D eigenvalue weighted by Gasteiger charge is -2.20. The lowest BCUT2D eigenvalue weighted by molar-refractivity contribution is 0.0997. The van der Waals surface area contributed by atoms with Crippen molar-refractivity contribution in [2.45, 2.75) is 0 Å². The Bertz CT molecular complexity index is 1000. The van der Waals surface area contributed by atoms with Crippen LogP contribution >= 0.6 is 11.3 Å². The fraction of sp³-hybridized carbons (Fsp3) is 0.0455. The molecule has 2 nitrogen and oxygen atoms in total. The molecule has 0 radical (unpaired) electrons. The number of rotatable bonds is 3. The molecule has 3 aromatic carbocycles. The normalized spacial score (nSPS) is 10.8. The van der Waals surface area contributed by atoms with E-state index in [0.29, 0.717) is 0 Å². The maximum atomic E-state index is 13.0. The molecule has 0 saturated carbocycles. The van der Waals surface area contributed by atoms with Crippen LogP contribution in [0.5, 0.6) is 0 Å². The summed E-state index contributed by atoms with van der Waals surface area (Å²) in [6.45, 7) is 0. The minimum atomic E-state index is 0.0181. The molecule has 4 rings (SSSR count). The molecule has 0 aliphatic heterocycles. The van der Waals surface area contributed by atoms with Gasteiger partial charge in [0.05, 0.1) is 10.6 Å². The zero-order valence-electron chi connectivity index (χ0n) is 13.8. The van der Waals surface area contributed by atoms with E-state index < -0.39 is 0 Å². The molecule has 0 spiro atoms. The first-order valence-corrected chi connectivity index (χ1v) is 8.97. The highest BCUT2D eigenvalue weighted by Crippen LogP contribution is 2.32. The smallest absolute Gasteiger partial charge is 0.268 e. The maximum Gasteiger partial charge on any atom is 0.268 e. The quantitative estimate of drug-likeness (QED) is 0.457. The third kappa shape index (κ3) is 2.94. The summed E-state index contributed by atoms with van der Waals surface area (Å²) in [4.78, 5) is 15.5. The zero-order valence-corrected chi connectivity index (χ0v) is 14.7. The van der Waals surface area contributed by atoms with Crippen molar-refractivity contribution < 1.29 is 4.79 Å². The number of para-hydroxylation sites is 1. The van der Waals surface area contributed by atoms with Gasteiger partial charge in [0.1, 0.15) is 0 Å². The van der Waals surface area contributed by atoms with E-state index in [9.17, 15) is 4.79 Å². The van der Waals surface area contributed by atoms with Gasteiger partial charge in [-0.3, -0.25) is 4.79 Å². The molecule has 122 valence electrons. The summed E-state index contributed by atoms with van der Waals surface area (Å²) in [5.41, 5.74) is 3.07. The number of amides is 1. The summed E-state index contributed by atoms with van der Waals surface area (Å²) in [5.74, 6) is 0.0181. The highest BCUT2D eigenvalue weighted by Gasteiger charge is 2.18. The van der Waals surface area contributed by atoms with Gasteiger partial charge < -0.3 is 4.90 Å². The Labute approximate surface area is 151 Å². The molecule has 25 heavy (non-hydrogen) atoms. The van der Waals surface area contributed by atoms with Crippen molar-refractivity contribution in [3.8, 4) is 11.1 Å². The Morgan fingerprint density at radius 2 is 1.52 bits per heavy atom. The standard InChI is InChI=1S/C22H17NOS/c1-23(22(24)21-15-17-11-5-8-14-20(17)25-21)19-13-7-6-12-18(19)16-9-3-2-4-10-16/h2-15H,1H3. The predicted molar refractivity (Wildman–Crippen MR) is 106 cm³/mol. The van der Waals surface area contributed by atoms with Crippen molar-refractivity contribution in [1.29, 1.82) is 0 Å². The van der Waals surface area contributed by atoms with Crippen LogP contribution in [0.15, 0.2) is 84.9 Å². The molecule has 0 N–H and O–H groups in total. The molecule has 0 aliphatic rings. The number of hydrogen-bond acceptors (Lipinski definition) is 2. The SMILES string of the molecule is CN(C(=O)c1cc2ccccc2s1)c1ccccc1-c1ccccc1. The van der Waals surface area contributed by atoms with E-state index in [0.717, 1.165) is 31.8 Å². The number of anilines is 1. The molecular formula is C22H17NOS. The summed E-state index contributed by atoms with van der Waals surface area (Å²) in [5, 5.41) is 1.11. The molecular weight excluding hydrogens is 326 g/mol. The Morgan fingerprint density at radius 1 is 0.840 bits per heavy atom. The zero-order chi connectivity index (χ0) is 17.2. The van der Waals surface area contributed by atoms with Crippen LogP contribution in [0.25, 0.3) is 21.2 Å². The number of fused-ring (bicyclic) bond motifs is 1. The Balaban J connectivity index is 1.73. The first-order valence-electron chi connectivity index (χ1n) is 8.15. The monoisotopic (exact) mass is 343 g/mol. The van der Waals surface area contributed by atoms with E-state index >= 15 is 0 Å². The third-order valence-electron chi connectivity index (χ3n) is 4.29. The van der Waals surface area contributed by atoms with Gasteiger partial charge in [0.2, 0.25) is 0 Å². The van der Waals surface area contributed by atoms with E-state index in [1.807, 2.05) is 67.7 Å². The summed E-state index contributed by atoms with van der Waals surface area (Å²) in [7, 11) is 1.84. The fourth-order valence-corrected chi connectivity index (χ4v) is 4.03. The summed E-state index contributed by atoms with van der Waals surface area (Å²) < 4.78 is 1.13. The summed E-state index contributed by atoms with van der Waals surface area (Å²) in [6, 6.07) is 28.2. The van der Waals surface area contributed by atoms with E-state index in [1.165, 1.54) is 11.3 Å². The fourth-order valence-electron chi connectivity index (χ4n) is 2.99. The Kier molecular flexibility index (Phi) is 4.08. The minimum Gasteiger partial charge on any atom is -0.310 e. The second kappa shape index (κ2) is 6.54. The average Bonchev–Trinajstić information content (AvgIpc) is 3.12. The van der Waals surface area contributed by atoms with Gasteiger partial charge in [-0.05, 0) is 29.1 Å². The first kappa shape index (κ1) is 15.6.